The van der Waals surface area contributed by atoms with Crippen LogP contribution >= 0.6 is 11.9 Å². The van der Waals surface area contributed by atoms with Gasteiger partial charge in [0.25, 0.3) is 10.0 Å². The summed E-state index contributed by atoms with van der Waals surface area (Å²) in [7, 11) is -4.03. The summed E-state index contributed by atoms with van der Waals surface area (Å²) in [5.41, 5.74) is 6.45. The molecule has 4 N–H and O–H groups in total. The molecule has 0 amide bonds. The van der Waals surface area contributed by atoms with Crippen LogP contribution in [0.5, 0.6) is 0 Å². The van der Waals surface area contributed by atoms with Gasteiger partial charge in [0, 0.05) is 0 Å². The molecule has 0 aliphatic heterocycles. The number of amidine groups is 1. The van der Waals surface area contributed by atoms with Crippen LogP contribution in [-0.4, -0.2) is 13.6 Å². The number of fused-ring (bicyclic) bond motifs is 1. The fourth-order valence-electron chi connectivity index (χ4n) is 2.99. The quantitative estimate of drug-likeness (QED) is 0.357. The highest BCUT2D eigenvalue weighted by Gasteiger charge is 2.30. The molecule has 0 radical (unpaired) electrons. The molecule has 3 aromatic rings. The molecule has 0 heterocycles. The fraction of sp³-hybridized carbons (Fsp3) is 0.105. The molecule has 3 rings (SSSR count). The number of nitrogens with zero attached hydrogens (tertiary/aromatic N) is 1. The number of benzene rings is 3. The number of nitrogens with two attached hydrogens (primary N) is 2. The lowest BCUT2D eigenvalue weighted by atomic mass is 9.94. The molecular weight excluding hydrogens is 423 g/mol. The van der Waals surface area contributed by atoms with Crippen molar-refractivity contribution in [2.45, 2.75) is 18.0 Å². The first-order valence-electron chi connectivity index (χ1n) is 8.21. The van der Waals surface area contributed by atoms with Crippen LogP contribution in [0.3, 0.4) is 0 Å². The minimum absolute atomic E-state index is 0.0664. The number of alkyl halides is 3. The van der Waals surface area contributed by atoms with E-state index < -0.39 is 21.8 Å². The third kappa shape index (κ3) is 4.39. The predicted octanol–water partition coefficient (Wildman–Crippen LogP) is 4.44. The second-order valence-corrected chi connectivity index (χ2v) is 8.50. The maximum absolute atomic E-state index is 12.9. The maximum Gasteiger partial charge on any atom is 0.416 e. The smallest absolute Gasteiger partial charge is 0.377 e. The monoisotopic (exact) mass is 439 g/mol. The third-order valence-electron chi connectivity index (χ3n) is 4.32. The van der Waals surface area contributed by atoms with Crippen molar-refractivity contribution in [2.24, 2.45) is 15.3 Å². The van der Waals surface area contributed by atoms with E-state index in [4.69, 9.17) is 10.9 Å². The Kier molecular flexibility index (Phi) is 5.61. The summed E-state index contributed by atoms with van der Waals surface area (Å²) in [6.07, 6.45) is -4.42. The Balaban J connectivity index is 2.13. The summed E-state index contributed by atoms with van der Waals surface area (Å²) in [5, 5.41) is 6.21. The molecule has 10 heteroatoms. The first-order valence-corrected chi connectivity index (χ1v) is 10.5. The van der Waals surface area contributed by atoms with E-state index in [9.17, 15) is 21.6 Å². The zero-order valence-electron chi connectivity index (χ0n) is 15.1. The zero-order valence-corrected chi connectivity index (χ0v) is 16.7. The Morgan fingerprint density at radius 1 is 1.03 bits per heavy atom. The zero-order chi connectivity index (χ0) is 21.4. The van der Waals surface area contributed by atoms with Gasteiger partial charge in [0.05, 0.1) is 10.5 Å². The molecule has 0 aromatic heterocycles. The highest BCUT2D eigenvalue weighted by Crippen LogP contribution is 2.36. The number of aryl methyl sites for hydroxylation is 1. The van der Waals surface area contributed by atoms with Gasteiger partial charge in [0.2, 0.25) is 0 Å². The van der Waals surface area contributed by atoms with Crippen molar-refractivity contribution in [1.82, 2.24) is 0 Å². The molecule has 29 heavy (non-hydrogen) atoms. The maximum atomic E-state index is 12.9. The minimum atomic E-state index is -4.42. The topological polar surface area (TPSA) is 98.5 Å². The summed E-state index contributed by atoms with van der Waals surface area (Å²) in [6.45, 7) is 1.60. The second-order valence-electron chi connectivity index (χ2n) is 6.24. The van der Waals surface area contributed by atoms with Gasteiger partial charge in [-0.15, -0.1) is 4.40 Å². The van der Waals surface area contributed by atoms with Gasteiger partial charge in [-0.05, 0) is 70.6 Å². The van der Waals surface area contributed by atoms with E-state index in [1.165, 1.54) is 18.2 Å². The molecule has 0 unspecified atom stereocenters. The molecule has 0 fully saturated rings. The van der Waals surface area contributed by atoms with E-state index in [0.29, 0.717) is 39.4 Å². The van der Waals surface area contributed by atoms with Gasteiger partial charge in [-0.3, -0.25) is 5.14 Å². The molecule has 0 saturated carbocycles. The van der Waals surface area contributed by atoms with E-state index in [1.54, 1.807) is 31.2 Å². The summed E-state index contributed by atoms with van der Waals surface area (Å²) in [6, 6.07) is 13.1. The van der Waals surface area contributed by atoms with Crippen molar-refractivity contribution in [2.75, 3.05) is 0 Å². The summed E-state index contributed by atoms with van der Waals surface area (Å²) >= 11 is 0.523. The number of sulfonamides is 1. The Morgan fingerprint density at radius 3 is 2.38 bits per heavy atom. The van der Waals surface area contributed by atoms with E-state index in [0.717, 1.165) is 12.1 Å². The van der Waals surface area contributed by atoms with Crippen molar-refractivity contribution in [1.29, 1.82) is 0 Å². The lowest BCUT2D eigenvalue weighted by molar-refractivity contribution is -0.137. The average Bonchev–Trinajstić information content (AvgIpc) is 2.66. The normalized spacial score (nSPS) is 13.1. The van der Waals surface area contributed by atoms with Crippen LogP contribution in [0.2, 0.25) is 0 Å². The summed E-state index contributed by atoms with van der Waals surface area (Å²) < 4.78 is 66.9. The van der Waals surface area contributed by atoms with Gasteiger partial charge >= 0.3 is 6.18 Å². The molecule has 0 spiro atoms. The molecule has 0 aliphatic carbocycles. The minimum Gasteiger partial charge on any atom is -0.377 e. The summed E-state index contributed by atoms with van der Waals surface area (Å²) in [4.78, 5) is -0.0664. The first kappa shape index (κ1) is 21.2. The standard InChI is InChI=1S/C19H16F3N3O2S2/c1-11-9-13(19(20,21)22)5-7-15(11)17-4-2-3-12-10-14(6-8-16(12)17)29(26,27)25-18(23)28-24/h2-10H,24H2,1H3,(H2,23,25). The Bertz CT molecular complexity index is 1220. The lowest BCUT2D eigenvalue weighted by Crippen LogP contribution is -2.12. The van der Waals surface area contributed by atoms with Gasteiger partial charge in [-0.25, -0.2) is 0 Å². The largest absolute Gasteiger partial charge is 0.416 e. The molecule has 0 atom stereocenters. The van der Waals surface area contributed by atoms with Gasteiger partial charge in [0.1, 0.15) is 0 Å². The number of hydrogen-bond donors (Lipinski definition) is 2. The molecular formula is C19H16F3N3O2S2. The molecule has 5 nitrogen and oxygen atoms in total. The third-order valence-corrected chi connectivity index (χ3v) is 6.06. The molecule has 0 saturated heterocycles. The highest BCUT2D eigenvalue weighted by atomic mass is 32.2. The SMILES string of the molecule is Cc1cc(C(F)(F)F)ccc1-c1cccc2cc(S(=O)(=O)N=C(N)SN)ccc12. The Hall–Kier alpha value is -2.56. The number of halogens is 3. The van der Waals surface area contributed by atoms with Crippen LogP contribution in [0.25, 0.3) is 21.9 Å². The highest BCUT2D eigenvalue weighted by molar-refractivity contribution is 8.12. The Morgan fingerprint density at radius 2 is 1.76 bits per heavy atom. The van der Waals surface area contributed by atoms with Crippen molar-refractivity contribution in [3.63, 3.8) is 0 Å². The first-order chi connectivity index (χ1) is 13.5. The molecule has 0 bridgehead atoms. The van der Waals surface area contributed by atoms with Crippen molar-refractivity contribution in [3.05, 3.63) is 65.7 Å². The number of hydrogen-bond acceptors (Lipinski definition) is 4. The van der Waals surface area contributed by atoms with Crippen LogP contribution in [0.4, 0.5) is 13.2 Å². The van der Waals surface area contributed by atoms with Crippen LogP contribution in [0, 0.1) is 6.92 Å². The van der Waals surface area contributed by atoms with Gasteiger partial charge in [-0.2, -0.15) is 21.6 Å². The van der Waals surface area contributed by atoms with E-state index in [-0.39, 0.29) is 10.1 Å². The molecule has 3 aromatic carbocycles. The van der Waals surface area contributed by atoms with Crippen LogP contribution in [0.1, 0.15) is 11.1 Å². The van der Waals surface area contributed by atoms with Gasteiger partial charge in [-0.1, -0.05) is 30.3 Å². The van der Waals surface area contributed by atoms with Crippen molar-refractivity contribution in [3.8, 4) is 11.1 Å². The second kappa shape index (κ2) is 7.69. The van der Waals surface area contributed by atoms with Crippen LogP contribution in [0.15, 0.2) is 63.9 Å². The van der Waals surface area contributed by atoms with E-state index >= 15 is 0 Å². The van der Waals surface area contributed by atoms with E-state index in [1.807, 2.05) is 0 Å². The molecule has 152 valence electrons. The van der Waals surface area contributed by atoms with Crippen LogP contribution in [-0.2, 0) is 16.2 Å². The van der Waals surface area contributed by atoms with Crippen molar-refractivity contribution < 1.29 is 21.6 Å². The van der Waals surface area contributed by atoms with Gasteiger partial charge in [0.15, 0.2) is 5.17 Å². The van der Waals surface area contributed by atoms with Crippen LogP contribution < -0.4 is 10.9 Å². The fourth-order valence-corrected chi connectivity index (χ4v) is 4.32. The summed E-state index contributed by atoms with van der Waals surface area (Å²) in [5.74, 6) is 0. The average molecular weight is 439 g/mol. The van der Waals surface area contributed by atoms with E-state index in [2.05, 4.69) is 4.40 Å². The Labute approximate surface area is 169 Å². The predicted molar refractivity (Wildman–Crippen MR) is 110 cm³/mol. The van der Waals surface area contributed by atoms with Crippen molar-refractivity contribution >= 4 is 37.9 Å². The van der Waals surface area contributed by atoms with Gasteiger partial charge < -0.3 is 5.73 Å². The molecule has 0 aliphatic rings. The number of rotatable bonds is 3. The lowest BCUT2D eigenvalue weighted by Gasteiger charge is -2.13.